The van der Waals surface area contributed by atoms with Crippen molar-refractivity contribution in [2.75, 3.05) is 45.6 Å². The summed E-state index contributed by atoms with van der Waals surface area (Å²) < 4.78 is 34.8. The molecule has 0 amide bonds. The summed E-state index contributed by atoms with van der Waals surface area (Å²) >= 11 is 0. The van der Waals surface area contributed by atoms with Gasteiger partial charge in [-0.2, -0.15) is 8.42 Å². The summed E-state index contributed by atoms with van der Waals surface area (Å²) in [5.74, 6) is 1.23. The second kappa shape index (κ2) is 9.91. The van der Waals surface area contributed by atoms with Crippen molar-refractivity contribution in [1.29, 1.82) is 0 Å². The topological polar surface area (TPSA) is 59.1 Å². The minimum Gasteiger partial charge on any atom is -0.497 e. The van der Waals surface area contributed by atoms with E-state index in [1.807, 2.05) is 18.2 Å². The van der Waals surface area contributed by atoms with E-state index in [4.69, 9.17) is 8.92 Å². The zero-order chi connectivity index (χ0) is 19.8. The van der Waals surface area contributed by atoms with E-state index < -0.39 is 10.1 Å². The minimum absolute atomic E-state index is 0.000371. The van der Waals surface area contributed by atoms with Crippen LogP contribution in [0, 0.1) is 0 Å². The van der Waals surface area contributed by atoms with E-state index in [1.54, 1.807) is 31.4 Å². The fourth-order valence-electron chi connectivity index (χ4n) is 3.30. The first-order valence-corrected chi connectivity index (χ1v) is 11.2. The predicted octanol–water partition coefficient (Wildman–Crippen LogP) is 2.61. The van der Waals surface area contributed by atoms with Gasteiger partial charge in [-0.1, -0.05) is 30.3 Å². The Morgan fingerprint density at radius 2 is 1.54 bits per heavy atom. The van der Waals surface area contributed by atoms with Gasteiger partial charge in [0.1, 0.15) is 11.5 Å². The molecule has 0 atom stereocenters. The van der Waals surface area contributed by atoms with E-state index in [-0.39, 0.29) is 5.75 Å². The number of para-hydroxylation sites is 1. The Morgan fingerprint density at radius 1 is 0.857 bits per heavy atom. The normalized spacial score (nSPS) is 16.5. The second-order valence-electron chi connectivity index (χ2n) is 6.98. The molecule has 1 aliphatic heterocycles. The lowest BCUT2D eigenvalue weighted by Gasteiger charge is -2.22. The third-order valence-electron chi connectivity index (χ3n) is 4.87. The fourth-order valence-corrected chi connectivity index (χ4v) is 4.27. The van der Waals surface area contributed by atoms with Gasteiger partial charge in [-0.25, -0.2) is 0 Å². The zero-order valence-corrected chi connectivity index (χ0v) is 17.1. The number of benzene rings is 2. The maximum Gasteiger partial charge on any atom is 0.310 e. The molecular formula is C21H28N2O4S. The Bertz CT molecular complexity index is 825. The van der Waals surface area contributed by atoms with Gasteiger partial charge in [-0.05, 0) is 49.3 Å². The Balaban J connectivity index is 1.45. The summed E-state index contributed by atoms with van der Waals surface area (Å²) in [5, 5.41) is 0. The monoisotopic (exact) mass is 404 g/mol. The van der Waals surface area contributed by atoms with Gasteiger partial charge in [0.05, 0.1) is 12.9 Å². The van der Waals surface area contributed by atoms with Gasteiger partial charge in [-0.15, -0.1) is 0 Å². The average Bonchev–Trinajstić information content (AvgIpc) is 2.93. The molecule has 7 heteroatoms. The van der Waals surface area contributed by atoms with E-state index in [0.717, 1.165) is 44.9 Å². The van der Waals surface area contributed by atoms with Crippen LogP contribution in [0.25, 0.3) is 0 Å². The Morgan fingerprint density at radius 3 is 2.25 bits per heavy atom. The molecular weight excluding hydrogens is 376 g/mol. The summed E-state index contributed by atoms with van der Waals surface area (Å²) in [6, 6.07) is 16.8. The van der Waals surface area contributed by atoms with Crippen LogP contribution in [0.4, 0.5) is 0 Å². The highest BCUT2D eigenvalue weighted by Gasteiger charge is 2.19. The quantitative estimate of drug-likeness (QED) is 0.631. The molecule has 0 unspecified atom stereocenters. The van der Waals surface area contributed by atoms with Crippen LogP contribution in [-0.2, 0) is 16.7 Å². The van der Waals surface area contributed by atoms with E-state index in [1.165, 1.54) is 5.56 Å². The van der Waals surface area contributed by atoms with Crippen LogP contribution in [0.2, 0.25) is 0 Å². The molecule has 1 saturated heterocycles. The molecule has 152 valence electrons. The van der Waals surface area contributed by atoms with Crippen LogP contribution >= 0.6 is 0 Å². The van der Waals surface area contributed by atoms with Gasteiger partial charge in [0.15, 0.2) is 0 Å². The number of nitrogens with zero attached hydrogens (tertiary/aromatic N) is 2. The van der Waals surface area contributed by atoms with Crippen molar-refractivity contribution in [2.24, 2.45) is 0 Å². The summed E-state index contributed by atoms with van der Waals surface area (Å²) in [5.41, 5.74) is 1.26. The lowest BCUT2D eigenvalue weighted by Crippen LogP contribution is -2.34. The van der Waals surface area contributed by atoms with E-state index in [9.17, 15) is 8.42 Å². The minimum atomic E-state index is -3.58. The molecule has 0 radical (unpaired) electrons. The predicted molar refractivity (Wildman–Crippen MR) is 110 cm³/mol. The van der Waals surface area contributed by atoms with Crippen molar-refractivity contribution in [3.8, 4) is 11.5 Å². The third kappa shape index (κ3) is 6.51. The average molecular weight is 405 g/mol. The van der Waals surface area contributed by atoms with Crippen LogP contribution in [0.1, 0.15) is 12.0 Å². The van der Waals surface area contributed by atoms with Crippen LogP contribution in [0.5, 0.6) is 11.5 Å². The lowest BCUT2D eigenvalue weighted by atomic mass is 10.2. The van der Waals surface area contributed by atoms with Crippen molar-refractivity contribution in [3.63, 3.8) is 0 Å². The molecule has 3 rings (SSSR count). The van der Waals surface area contributed by atoms with Crippen LogP contribution in [0.15, 0.2) is 54.6 Å². The maximum atomic E-state index is 12.2. The van der Waals surface area contributed by atoms with Gasteiger partial charge < -0.3 is 13.8 Å². The zero-order valence-electron chi connectivity index (χ0n) is 16.3. The molecule has 1 aliphatic rings. The van der Waals surface area contributed by atoms with E-state index in [0.29, 0.717) is 12.3 Å². The van der Waals surface area contributed by atoms with Crippen molar-refractivity contribution < 1.29 is 17.3 Å². The van der Waals surface area contributed by atoms with E-state index >= 15 is 0 Å². The SMILES string of the molecule is COc1ccc(CN2CCCN(CCS(=O)(=O)Oc3ccccc3)CC2)cc1. The van der Waals surface area contributed by atoms with Crippen LogP contribution in [-0.4, -0.2) is 63.8 Å². The van der Waals surface area contributed by atoms with Gasteiger partial charge in [0, 0.05) is 26.2 Å². The number of rotatable bonds is 8. The van der Waals surface area contributed by atoms with Gasteiger partial charge in [0.2, 0.25) is 0 Å². The molecule has 0 aliphatic carbocycles. The summed E-state index contributed by atoms with van der Waals surface area (Å²) in [7, 11) is -1.91. The number of ether oxygens (including phenoxy) is 1. The van der Waals surface area contributed by atoms with Crippen LogP contribution in [0.3, 0.4) is 0 Å². The molecule has 0 aromatic heterocycles. The van der Waals surface area contributed by atoms with Gasteiger partial charge in [-0.3, -0.25) is 4.90 Å². The molecule has 0 N–H and O–H groups in total. The number of methoxy groups -OCH3 is 1. The maximum absolute atomic E-state index is 12.2. The fraction of sp³-hybridized carbons (Fsp3) is 0.429. The summed E-state index contributed by atoms with van der Waals surface area (Å²) in [6.07, 6.45) is 1.02. The Kier molecular flexibility index (Phi) is 7.30. The molecule has 1 fully saturated rings. The van der Waals surface area contributed by atoms with Crippen LogP contribution < -0.4 is 8.92 Å². The number of hydrogen-bond donors (Lipinski definition) is 0. The lowest BCUT2D eigenvalue weighted by molar-refractivity contribution is 0.257. The molecule has 0 saturated carbocycles. The van der Waals surface area contributed by atoms with Gasteiger partial charge >= 0.3 is 10.1 Å². The second-order valence-corrected chi connectivity index (χ2v) is 8.67. The first-order chi connectivity index (χ1) is 13.5. The first kappa shape index (κ1) is 20.6. The molecule has 28 heavy (non-hydrogen) atoms. The smallest absolute Gasteiger partial charge is 0.310 e. The Hall–Kier alpha value is -2.09. The van der Waals surface area contributed by atoms with E-state index in [2.05, 4.69) is 21.9 Å². The molecule has 2 aromatic rings. The van der Waals surface area contributed by atoms with Crippen molar-refractivity contribution in [1.82, 2.24) is 9.80 Å². The molecule has 6 nitrogen and oxygen atoms in total. The largest absolute Gasteiger partial charge is 0.497 e. The highest BCUT2D eigenvalue weighted by molar-refractivity contribution is 7.87. The third-order valence-corrected chi connectivity index (χ3v) is 6.00. The molecule has 0 spiro atoms. The molecule has 0 bridgehead atoms. The number of hydrogen-bond acceptors (Lipinski definition) is 6. The Labute approximate surface area is 167 Å². The van der Waals surface area contributed by atoms with Crippen molar-refractivity contribution in [2.45, 2.75) is 13.0 Å². The first-order valence-electron chi connectivity index (χ1n) is 9.59. The van der Waals surface area contributed by atoms with Gasteiger partial charge in [0.25, 0.3) is 0 Å². The molecule has 2 aromatic carbocycles. The standard InChI is InChI=1S/C21H28N2O4S/c1-26-20-10-8-19(9-11-20)18-23-13-5-12-22(14-15-23)16-17-28(24,25)27-21-6-3-2-4-7-21/h2-4,6-11H,5,12-18H2,1H3. The van der Waals surface area contributed by atoms with Crippen molar-refractivity contribution >= 4 is 10.1 Å². The highest BCUT2D eigenvalue weighted by atomic mass is 32.2. The highest BCUT2D eigenvalue weighted by Crippen LogP contribution is 2.15. The molecule has 1 heterocycles. The summed E-state index contributed by atoms with van der Waals surface area (Å²) in [6.45, 7) is 5.08. The van der Waals surface area contributed by atoms with Crippen molar-refractivity contribution in [3.05, 3.63) is 60.2 Å². The summed E-state index contributed by atoms with van der Waals surface area (Å²) in [4.78, 5) is 4.62.